The van der Waals surface area contributed by atoms with E-state index in [1.807, 2.05) is 6.07 Å². The highest BCUT2D eigenvalue weighted by molar-refractivity contribution is 6.33. The largest absolute Gasteiger partial charge is 0.416 e. The minimum absolute atomic E-state index is 0.119. The molecule has 2 aromatic rings. The first-order valence-corrected chi connectivity index (χ1v) is 5.78. The van der Waals surface area contributed by atoms with Gasteiger partial charge in [0.05, 0.1) is 28.2 Å². The van der Waals surface area contributed by atoms with E-state index in [4.69, 9.17) is 16.9 Å². The molecule has 0 aliphatic heterocycles. The lowest BCUT2D eigenvalue weighted by Gasteiger charge is -2.12. The number of nitrogens with zero attached hydrogens (tertiary/aromatic N) is 2. The van der Waals surface area contributed by atoms with Crippen molar-refractivity contribution >= 4 is 23.0 Å². The van der Waals surface area contributed by atoms with E-state index in [0.717, 1.165) is 12.1 Å². The van der Waals surface area contributed by atoms with Crippen molar-refractivity contribution < 1.29 is 13.2 Å². The van der Waals surface area contributed by atoms with Crippen LogP contribution in [0.15, 0.2) is 36.5 Å². The SMILES string of the molecule is N#Cc1ccc(Nc2cc(C(F)(F)F)ccc2Cl)cn1. The second-order valence-corrected chi connectivity index (χ2v) is 4.27. The van der Waals surface area contributed by atoms with Crippen LogP contribution in [0.5, 0.6) is 0 Å². The van der Waals surface area contributed by atoms with Gasteiger partial charge in [0.25, 0.3) is 0 Å². The van der Waals surface area contributed by atoms with Gasteiger partial charge < -0.3 is 5.32 Å². The Kier molecular flexibility index (Phi) is 3.81. The van der Waals surface area contributed by atoms with Gasteiger partial charge in [0.1, 0.15) is 11.8 Å². The predicted octanol–water partition coefficient (Wildman–Crippen LogP) is 4.37. The average Bonchev–Trinajstić information content (AvgIpc) is 2.41. The van der Waals surface area contributed by atoms with E-state index >= 15 is 0 Å². The van der Waals surface area contributed by atoms with Crippen LogP contribution in [0.3, 0.4) is 0 Å². The highest BCUT2D eigenvalue weighted by atomic mass is 35.5. The Hall–Kier alpha value is -2.26. The molecular formula is C13H7ClF3N3. The molecule has 0 aliphatic rings. The molecule has 1 N–H and O–H groups in total. The second kappa shape index (κ2) is 5.39. The van der Waals surface area contributed by atoms with Crippen molar-refractivity contribution in [2.45, 2.75) is 6.18 Å². The summed E-state index contributed by atoms with van der Waals surface area (Å²) in [5.41, 5.74) is -0.0325. The lowest BCUT2D eigenvalue weighted by molar-refractivity contribution is -0.137. The molecule has 0 radical (unpaired) electrons. The molecule has 1 aromatic heterocycles. The van der Waals surface area contributed by atoms with E-state index in [1.54, 1.807) is 0 Å². The smallest absolute Gasteiger partial charge is 0.353 e. The molecule has 0 aliphatic carbocycles. The van der Waals surface area contributed by atoms with Crippen LogP contribution in [0.4, 0.5) is 24.5 Å². The predicted molar refractivity (Wildman–Crippen MR) is 68.7 cm³/mol. The van der Waals surface area contributed by atoms with E-state index in [2.05, 4.69) is 10.3 Å². The van der Waals surface area contributed by atoms with Crippen LogP contribution in [-0.4, -0.2) is 4.98 Å². The second-order valence-electron chi connectivity index (χ2n) is 3.86. The zero-order valence-electron chi connectivity index (χ0n) is 9.87. The van der Waals surface area contributed by atoms with Gasteiger partial charge in [0.15, 0.2) is 0 Å². The Labute approximate surface area is 117 Å². The van der Waals surface area contributed by atoms with Crippen molar-refractivity contribution in [3.8, 4) is 6.07 Å². The number of hydrogen-bond acceptors (Lipinski definition) is 3. The van der Waals surface area contributed by atoms with Crippen molar-refractivity contribution in [3.63, 3.8) is 0 Å². The minimum atomic E-state index is -4.44. The molecule has 0 fully saturated rings. The van der Waals surface area contributed by atoms with Crippen LogP contribution in [0, 0.1) is 11.3 Å². The molecule has 1 heterocycles. The maximum atomic E-state index is 12.6. The van der Waals surface area contributed by atoms with Crippen molar-refractivity contribution in [2.75, 3.05) is 5.32 Å². The molecule has 0 unspecified atom stereocenters. The number of hydrogen-bond donors (Lipinski definition) is 1. The van der Waals surface area contributed by atoms with Gasteiger partial charge in [-0.2, -0.15) is 18.4 Å². The van der Waals surface area contributed by atoms with Crippen molar-refractivity contribution in [1.29, 1.82) is 5.26 Å². The Morgan fingerprint density at radius 1 is 1.20 bits per heavy atom. The third-order valence-electron chi connectivity index (χ3n) is 2.45. The summed E-state index contributed by atoms with van der Waals surface area (Å²) in [6, 6.07) is 7.82. The average molecular weight is 298 g/mol. The number of benzene rings is 1. The summed E-state index contributed by atoms with van der Waals surface area (Å²) in [5.74, 6) is 0. The van der Waals surface area contributed by atoms with Gasteiger partial charge in [0.2, 0.25) is 0 Å². The molecule has 20 heavy (non-hydrogen) atoms. The van der Waals surface area contributed by atoms with Crippen LogP contribution in [0.1, 0.15) is 11.3 Å². The highest BCUT2D eigenvalue weighted by Gasteiger charge is 2.30. The van der Waals surface area contributed by atoms with Gasteiger partial charge in [-0.3, -0.25) is 0 Å². The van der Waals surface area contributed by atoms with E-state index in [1.165, 1.54) is 24.4 Å². The number of aromatic nitrogens is 1. The lowest BCUT2D eigenvalue weighted by atomic mass is 10.2. The van der Waals surface area contributed by atoms with Crippen LogP contribution >= 0.6 is 11.6 Å². The number of pyridine rings is 1. The molecule has 3 nitrogen and oxygen atoms in total. The summed E-state index contributed by atoms with van der Waals surface area (Å²) < 4.78 is 37.9. The number of halogens is 4. The Morgan fingerprint density at radius 2 is 1.95 bits per heavy atom. The zero-order chi connectivity index (χ0) is 14.8. The Balaban J connectivity index is 2.30. The molecule has 0 amide bonds. The van der Waals surface area contributed by atoms with Gasteiger partial charge in [-0.1, -0.05) is 11.6 Å². The highest BCUT2D eigenvalue weighted by Crippen LogP contribution is 2.34. The summed E-state index contributed by atoms with van der Waals surface area (Å²) in [6.45, 7) is 0. The monoisotopic (exact) mass is 297 g/mol. The van der Waals surface area contributed by atoms with Crippen molar-refractivity contribution in [2.24, 2.45) is 0 Å². The first kappa shape index (κ1) is 14.2. The van der Waals surface area contributed by atoms with Crippen molar-refractivity contribution in [1.82, 2.24) is 4.98 Å². The number of rotatable bonds is 2. The Morgan fingerprint density at radius 3 is 2.50 bits per heavy atom. The van der Waals surface area contributed by atoms with Gasteiger partial charge in [-0.25, -0.2) is 4.98 Å². The maximum absolute atomic E-state index is 12.6. The van der Waals surface area contributed by atoms with Gasteiger partial charge >= 0.3 is 6.18 Å². The molecule has 102 valence electrons. The van der Waals surface area contributed by atoms with Crippen molar-refractivity contribution in [3.05, 3.63) is 52.8 Å². The molecular weight excluding hydrogens is 291 g/mol. The normalized spacial score (nSPS) is 10.9. The number of alkyl halides is 3. The van der Waals surface area contributed by atoms with Crippen LogP contribution in [-0.2, 0) is 6.18 Å². The Bertz CT molecular complexity index is 660. The molecule has 7 heteroatoms. The molecule has 0 atom stereocenters. The number of anilines is 2. The van der Waals surface area contributed by atoms with Gasteiger partial charge in [-0.05, 0) is 30.3 Å². The maximum Gasteiger partial charge on any atom is 0.416 e. The standard InChI is InChI=1S/C13H7ClF3N3/c14-11-4-1-8(13(15,16)17)5-12(11)20-10-3-2-9(6-18)19-7-10/h1-5,7,20H. The van der Waals surface area contributed by atoms with E-state index in [9.17, 15) is 13.2 Å². The summed E-state index contributed by atoms with van der Waals surface area (Å²) in [7, 11) is 0. The first-order valence-electron chi connectivity index (χ1n) is 5.40. The fourth-order valence-corrected chi connectivity index (χ4v) is 1.65. The minimum Gasteiger partial charge on any atom is -0.353 e. The quantitative estimate of drug-likeness (QED) is 0.895. The first-order chi connectivity index (χ1) is 9.40. The van der Waals surface area contributed by atoms with Gasteiger partial charge in [0, 0.05) is 0 Å². The summed E-state index contributed by atoms with van der Waals surface area (Å²) in [6.07, 6.45) is -3.10. The molecule has 0 saturated heterocycles. The van der Waals surface area contributed by atoms with Gasteiger partial charge in [-0.15, -0.1) is 0 Å². The number of nitriles is 1. The molecule has 0 saturated carbocycles. The van der Waals surface area contributed by atoms with E-state index in [0.29, 0.717) is 5.69 Å². The summed E-state index contributed by atoms with van der Waals surface area (Å²) >= 11 is 5.85. The fraction of sp³-hybridized carbons (Fsp3) is 0.0769. The third kappa shape index (κ3) is 3.19. The molecule has 1 aromatic carbocycles. The third-order valence-corrected chi connectivity index (χ3v) is 2.78. The van der Waals surface area contributed by atoms with Crippen LogP contribution in [0.2, 0.25) is 5.02 Å². The van der Waals surface area contributed by atoms with Crippen LogP contribution in [0.25, 0.3) is 0 Å². The fourth-order valence-electron chi connectivity index (χ4n) is 1.49. The molecule has 2 rings (SSSR count). The topological polar surface area (TPSA) is 48.7 Å². The zero-order valence-corrected chi connectivity index (χ0v) is 10.6. The summed E-state index contributed by atoms with van der Waals surface area (Å²) in [4.78, 5) is 3.81. The van der Waals surface area contributed by atoms with Crippen LogP contribution < -0.4 is 5.32 Å². The summed E-state index contributed by atoms with van der Waals surface area (Å²) in [5, 5.41) is 11.5. The molecule has 0 bridgehead atoms. The van der Waals surface area contributed by atoms with E-state index in [-0.39, 0.29) is 16.4 Å². The molecule has 0 spiro atoms. The number of nitrogens with one attached hydrogen (secondary N) is 1. The lowest BCUT2D eigenvalue weighted by Crippen LogP contribution is -2.05. The van der Waals surface area contributed by atoms with E-state index < -0.39 is 11.7 Å².